The van der Waals surface area contributed by atoms with Crippen LogP contribution in [0.4, 0.5) is 0 Å². The number of nitrogens with two attached hydrogens (primary N) is 1. The van der Waals surface area contributed by atoms with Crippen LogP contribution >= 0.6 is 0 Å². The summed E-state index contributed by atoms with van der Waals surface area (Å²) >= 11 is 0. The summed E-state index contributed by atoms with van der Waals surface area (Å²) in [7, 11) is 1.51. The summed E-state index contributed by atoms with van der Waals surface area (Å²) in [6.07, 6.45) is 0.870. The molecular formula is C14H23N3O3. The minimum Gasteiger partial charge on any atom is -0.504 e. The summed E-state index contributed by atoms with van der Waals surface area (Å²) in [6.45, 7) is 4.39. The first-order chi connectivity index (χ1) is 9.69. The van der Waals surface area contributed by atoms with Crippen LogP contribution in [0.1, 0.15) is 18.9 Å². The Morgan fingerprint density at radius 3 is 2.95 bits per heavy atom. The number of hydrogen-bond acceptors (Lipinski definition) is 4. The molecule has 6 heteroatoms. The third kappa shape index (κ3) is 5.36. The van der Waals surface area contributed by atoms with Crippen LogP contribution in [0, 0.1) is 0 Å². The molecule has 0 aliphatic carbocycles. The molecule has 20 heavy (non-hydrogen) atoms. The molecule has 1 rings (SSSR count). The van der Waals surface area contributed by atoms with Gasteiger partial charge < -0.3 is 25.6 Å². The lowest BCUT2D eigenvalue weighted by atomic mass is 10.2. The second-order valence-corrected chi connectivity index (χ2v) is 4.15. The van der Waals surface area contributed by atoms with Crippen LogP contribution in [0.5, 0.6) is 11.5 Å². The average Bonchev–Trinajstić information content (AvgIpc) is 2.46. The molecule has 0 heterocycles. The summed E-state index contributed by atoms with van der Waals surface area (Å²) in [5.41, 5.74) is 6.41. The van der Waals surface area contributed by atoms with Gasteiger partial charge in [0.1, 0.15) is 0 Å². The molecule has 0 aliphatic rings. The normalized spacial score (nSPS) is 11.4. The quantitative estimate of drug-likeness (QED) is 0.379. The van der Waals surface area contributed by atoms with E-state index in [1.807, 2.05) is 6.92 Å². The van der Waals surface area contributed by atoms with Crippen LogP contribution < -0.4 is 15.8 Å². The highest BCUT2D eigenvalue weighted by Crippen LogP contribution is 2.29. The maximum Gasteiger partial charge on any atom is 0.188 e. The Labute approximate surface area is 119 Å². The topological polar surface area (TPSA) is 89.1 Å². The van der Waals surface area contributed by atoms with Gasteiger partial charge in [-0.05, 0) is 19.4 Å². The Bertz CT molecular complexity index is 436. The number of ether oxygens (including phenoxy) is 2. The van der Waals surface area contributed by atoms with Gasteiger partial charge in [-0.25, -0.2) is 4.99 Å². The smallest absolute Gasteiger partial charge is 0.188 e. The largest absolute Gasteiger partial charge is 0.504 e. The van der Waals surface area contributed by atoms with Crippen LogP contribution in [0.25, 0.3) is 0 Å². The second kappa shape index (κ2) is 9.03. The Hall–Kier alpha value is -1.95. The van der Waals surface area contributed by atoms with Gasteiger partial charge in [0.05, 0.1) is 13.7 Å². The summed E-state index contributed by atoms with van der Waals surface area (Å²) in [6, 6.07) is 5.27. The number of methoxy groups -OCH3 is 1. The SMILES string of the molecule is CCOCCCNC(N)=NCc1cccc(OC)c1O. The van der Waals surface area contributed by atoms with Crippen molar-refractivity contribution in [2.45, 2.75) is 19.9 Å². The highest BCUT2D eigenvalue weighted by molar-refractivity contribution is 5.77. The zero-order valence-corrected chi connectivity index (χ0v) is 12.1. The van der Waals surface area contributed by atoms with Crippen LogP contribution in [0.15, 0.2) is 23.2 Å². The van der Waals surface area contributed by atoms with Crippen molar-refractivity contribution in [2.75, 3.05) is 26.9 Å². The Kier molecular flexibility index (Phi) is 7.27. The monoisotopic (exact) mass is 281 g/mol. The Morgan fingerprint density at radius 1 is 1.45 bits per heavy atom. The summed E-state index contributed by atoms with van der Waals surface area (Å²) in [5, 5.41) is 12.9. The molecule has 6 nitrogen and oxygen atoms in total. The maximum absolute atomic E-state index is 9.90. The predicted octanol–water partition coefficient (Wildman–Crippen LogP) is 1.23. The molecule has 0 aromatic heterocycles. The minimum absolute atomic E-state index is 0.0999. The lowest BCUT2D eigenvalue weighted by Crippen LogP contribution is -2.32. The van der Waals surface area contributed by atoms with Gasteiger partial charge in [-0.2, -0.15) is 0 Å². The van der Waals surface area contributed by atoms with Crippen molar-refractivity contribution in [3.8, 4) is 11.5 Å². The zero-order valence-electron chi connectivity index (χ0n) is 12.1. The molecule has 0 fully saturated rings. The van der Waals surface area contributed by atoms with Crippen molar-refractivity contribution in [3.05, 3.63) is 23.8 Å². The number of nitrogens with one attached hydrogen (secondary N) is 1. The van der Waals surface area contributed by atoms with Crippen molar-refractivity contribution in [3.63, 3.8) is 0 Å². The van der Waals surface area contributed by atoms with E-state index in [0.29, 0.717) is 37.0 Å². The molecule has 0 spiro atoms. The number of hydrogen-bond donors (Lipinski definition) is 3. The molecule has 0 aliphatic heterocycles. The number of guanidine groups is 1. The van der Waals surface area contributed by atoms with E-state index < -0.39 is 0 Å². The van der Waals surface area contributed by atoms with Gasteiger partial charge in [-0.1, -0.05) is 12.1 Å². The number of phenolic OH excluding ortho intramolecular Hbond substituents is 1. The number of nitrogens with zero attached hydrogens (tertiary/aromatic N) is 1. The van der Waals surface area contributed by atoms with Crippen molar-refractivity contribution in [2.24, 2.45) is 10.7 Å². The maximum atomic E-state index is 9.90. The van der Waals surface area contributed by atoms with Crippen molar-refractivity contribution < 1.29 is 14.6 Å². The van der Waals surface area contributed by atoms with E-state index in [2.05, 4.69) is 10.3 Å². The molecule has 0 bridgehead atoms. The van der Waals surface area contributed by atoms with Gasteiger partial charge in [0.15, 0.2) is 17.5 Å². The van der Waals surface area contributed by atoms with Crippen LogP contribution in [0.2, 0.25) is 0 Å². The van der Waals surface area contributed by atoms with Crippen molar-refractivity contribution in [1.29, 1.82) is 0 Å². The van der Waals surface area contributed by atoms with Gasteiger partial charge in [-0.15, -0.1) is 0 Å². The fourth-order valence-corrected chi connectivity index (χ4v) is 1.62. The number of phenols is 1. The molecule has 0 radical (unpaired) electrons. The van der Waals surface area contributed by atoms with Gasteiger partial charge in [0, 0.05) is 25.3 Å². The number of benzene rings is 1. The van der Waals surface area contributed by atoms with E-state index in [4.69, 9.17) is 15.2 Å². The van der Waals surface area contributed by atoms with Crippen LogP contribution in [0.3, 0.4) is 0 Å². The summed E-state index contributed by atoms with van der Waals surface area (Å²) < 4.78 is 10.3. The first kappa shape index (κ1) is 16.1. The van der Waals surface area contributed by atoms with Crippen LogP contribution in [-0.4, -0.2) is 37.9 Å². The van der Waals surface area contributed by atoms with Gasteiger partial charge in [0.25, 0.3) is 0 Å². The second-order valence-electron chi connectivity index (χ2n) is 4.15. The first-order valence-electron chi connectivity index (χ1n) is 6.65. The zero-order chi connectivity index (χ0) is 14.8. The third-order valence-corrected chi connectivity index (χ3v) is 2.70. The molecular weight excluding hydrogens is 258 g/mol. The molecule has 0 atom stereocenters. The van der Waals surface area contributed by atoms with Gasteiger partial charge in [0.2, 0.25) is 0 Å². The summed E-state index contributed by atoms with van der Waals surface area (Å²) in [5.74, 6) is 0.882. The fraction of sp³-hybridized carbons (Fsp3) is 0.500. The molecule has 0 saturated carbocycles. The number of aliphatic imine (C=N–C) groups is 1. The van der Waals surface area contributed by atoms with Crippen molar-refractivity contribution >= 4 is 5.96 Å². The van der Waals surface area contributed by atoms with E-state index in [0.717, 1.165) is 13.0 Å². The molecule has 4 N–H and O–H groups in total. The first-order valence-corrected chi connectivity index (χ1v) is 6.65. The summed E-state index contributed by atoms with van der Waals surface area (Å²) in [4.78, 5) is 4.18. The lowest BCUT2D eigenvalue weighted by molar-refractivity contribution is 0.145. The predicted molar refractivity (Wildman–Crippen MR) is 79.1 cm³/mol. The standard InChI is InChI=1S/C14H23N3O3/c1-3-20-9-5-8-16-14(15)17-10-11-6-4-7-12(19-2)13(11)18/h4,6-7,18H,3,5,8-10H2,1-2H3,(H3,15,16,17). The highest BCUT2D eigenvalue weighted by atomic mass is 16.5. The number of aromatic hydroxyl groups is 1. The molecule has 0 amide bonds. The number of para-hydroxylation sites is 1. The highest BCUT2D eigenvalue weighted by Gasteiger charge is 2.06. The lowest BCUT2D eigenvalue weighted by Gasteiger charge is -2.08. The van der Waals surface area contributed by atoms with E-state index in [-0.39, 0.29) is 5.75 Å². The van der Waals surface area contributed by atoms with Crippen molar-refractivity contribution in [1.82, 2.24) is 5.32 Å². The van der Waals surface area contributed by atoms with E-state index in [9.17, 15) is 5.11 Å². The fourth-order valence-electron chi connectivity index (χ4n) is 1.62. The molecule has 1 aromatic rings. The Balaban J connectivity index is 2.42. The molecule has 1 aromatic carbocycles. The number of rotatable bonds is 8. The third-order valence-electron chi connectivity index (χ3n) is 2.70. The van der Waals surface area contributed by atoms with Gasteiger partial charge >= 0.3 is 0 Å². The molecule has 0 unspecified atom stereocenters. The van der Waals surface area contributed by atoms with E-state index in [1.54, 1.807) is 18.2 Å². The van der Waals surface area contributed by atoms with Crippen LogP contribution in [-0.2, 0) is 11.3 Å². The van der Waals surface area contributed by atoms with E-state index >= 15 is 0 Å². The average molecular weight is 281 g/mol. The van der Waals surface area contributed by atoms with Gasteiger partial charge in [-0.3, -0.25) is 0 Å². The Morgan fingerprint density at radius 2 is 2.25 bits per heavy atom. The molecule has 0 saturated heterocycles. The van der Waals surface area contributed by atoms with E-state index in [1.165, 1.54) is 7.11 Å². The molecule has 112 valence electrons. The minimum atomic E-state index is 0.0999.